The van der Waals surface area contributed by atoms with E-state index in [-0.39, 0.29) is 11.0 Å². The Balaban J connectivity index is 2.17. The zero-order valence-electron chi connectivity index (χ0n) is 20.1. The molecule has 0 aromatic heterocycles. The van der Waals surface area contributed by atoms with Crippen molar-refractivity contribution in [3.63, 3.8) is 0 Å². The standard InChI is InChI=1S/C25H39BrCl3N3OS/c1-2-3-4-5-6-7-8-9-10-11-12-13-14-15-22(33)31-23(25(27,28)29)32-24(34)30-21-18-16-20(26)17-19-21/h16-19,23H,2-15H2,1H3,(H,31,33)(H2,30,32,34)/t23-/m0/s1. The fraction of sp³-hybridized carbons (Fsp3) is 0.680. The van der Waals surface area contributed by atoms with E-state index in [1.54, 1.807) is 0 Å². The quantitative estimate of drug-likeness (QED) is 0.0708. The van der Waals surface area contributed by atoms with Crippen LogP contribution in [0.1, 0.15) is 96.8 Å². The largest absolute Gasteiger partial charge is 0.339 e. The maximum absolute atomic E-state index is 12.4. The summed E-state index contributed by atoms with van der Waals surface area (Å²) in [5.74, 6) is -0.168. The molecule has 0 bridgehead atoms. The summed E-state index contributed by atoms with van der Waals surface area (Å²) >= 11 is 26.9. The molecule has 0 unspecified atom stereocenters. The summed E-state index contributed by atoms with van der Waals surface area (Å²) in [6.45, 7) is 2.26. The number of alkyl halides is 3. The molecule has 0 heterocycles. The lowest BCUT2D eigenvalue weighted by Crippen LogP contribution is -2.56. The Morgan fingerprint density at radius 1 is 0.853 bits per heavy atom. The van der Waals surface area contributed by atoms with Gasteiger partial charge in [0.05, 0.1) is 0 Å². The number of carbonyl (C=O) groups is 1. The summed E-state index contributed by atoms with van der Waals surface area (Å²) in [5, 5.41) is 8.89. The first kappa shape index (κ1) is 31.8. The molecule has 0 spiro atoms. The molecular formula is C25H39BrCl3N3OS. The van der Waals surface area contributed by atoms with E-state index in [1.807, 2.05) is 24.3 Å². The van der Waals surface area contributed by atoms with Crippen molar-refractivity contribution in [1.82, 2.24) is 10.6 Å². The Morgan fingerprint density at radius 2 is 1.32 bits per heavy atom. The fourth-order valence-corrected chi connectivity index (χ4v) is 4.40. The van der Waals surface area contributed by atoms with Crippen molar-refractivity contribution in [3.05, 3.63) is 28.7 Å². The molecule has 0 fully saturated rings. The van der Waals surface area contributed by atoms with Crippen LogP contribution in [0.25, 0.3) is 0 Å². The Bertz CT molecular complexity index is 702. The minimum Gasteiger partial charge on any atom is -0.339 e. The SMILES string of the molecule is CCCCCCCCCCCCCCCC(=O)N[C@@H](NC(=S)Nc1ccc(Br)cc1)C(Cl)(Cl)Cl. The van der Waals surface area contributed by atoms with Crippen LogP contribution in [0.2, 0.25) is 0 Å². The minimum atomic E-state index is -1.75. The van der Waals surface area contributed by atoms with Crippen LogP contribution in [0.3, 0.4) is 0 Å². The van der Waals surface area contributed by atoms with E-state index in [0.29, 0.717) is 6.42 Å². The normalized spacial score (nSPS) is 12.3. The van der Waals surface area contributed by atoms with Gasteiger partial charge in [0.2, 0.25) is 9.70 Å². The molecule has 1 atom stereocenters. The highest BCUT2D eigenvalue weighted by Gasteiger charge is 2.34. The van der Waals surface area contributed by atoms with Gasteiger partial charge < -0.3 is 16.0 Å². The number of anilines is 1. The molecule has 1 aromatic rings. The zero-order chi connectivity index (χ0) is 25.2. The Morgan fingerprint density at radius 3 is 1.79 bits per heavy atom. The predicted octanol–water partition coefficient (Wildman–Crippen LogP) is 9.03. The van der Waals surface area contributed by atoms with Crippen molar-refractivity contribution in [2.45, 2.75) is 107 Å². The third-order valence-electron chi connectivity index (χ3n) is 5.52. The van der Waals surface area contributed by atoms with Gasteiger partial charge in [0.1, 0.15) is 6.17 Å². The lowest BCUT2D eigenvalue weighted by Gasteiger charge is -2.27. The van der Waals surface area contributed by atoms with Crippen molar-refractivity contribution >= 4 is 79.7 Å². The van der Waals surface area contributed by atoms with Crippen LogP contribution >= 0.6 is 63.0 Å². The molecular weight excluding hydrogens is 577 g/mol. The highest BCUT2D eigenvalue weighted by molar-refractivity contribution is 9.10. The van der Waals surface area contributed by atoms with Gasteiger partial charge in [0, 0.05) is 16.6 Å². The van der Waals surface area contributed by atoms with Crippen LogP contribution in [0, 0.1) is 0 Å². The highest BCUT2D eigenvalue weighted by atomic mass is 79.9. The molecule has 9 heteroatoms. The average Bonchev–Trinajstić information content (AvgIpc) is 2.77. The molecule has 4 nitrogen and oxygen atoms in total. The predicted molar refractivity (Wildman–Crippen MR) is 156 cm³/mol. The van der Waals surface area contributed by atoms with Crippen molar-refractivity contribution in [2.24, 2.45) is 0 Å². The second-order valence-corrected chi connectivity index (χ2v) is 12.3. The smallest absolute Gasteiger partial charge is 0.228 e. The molecule has 0 radical (unpaired) electrons. The van der Waals surface area contributed by atoms with Crippen molar-refractivity contribution < 1.29 is 4.79 Å². The Labute approximate surface area is 234 Å². The van der Waals surface area contributed by atoms with Gasteiger partial charge in [0.15, 0.2) is 5.11 Å². The summed E-state index contributed by atoms with van der Waals surface area (Å²) in [6, 6.07) is 7.48. The molecule has 0 saturated heterocycles. The maximum Gasteiger partial charge on any atom is 0.228 e. The van der Waals surface area contributed by atoms with Crippen LogP contribution < -0.4 is 16.0 Å². The first-order valence-corrected chi connectivity index (χ1v) is 14.7. The van der Waals surface area contributed by atoms with Crippen LogP contribution in [0.5, 0.6) is 0 Å². The van der Waals surface area contributed by atoms with E-state index in [4.69, 9.17) is 47.0 Å². The minimum absolute atomic E-state index is 0.168. The monoisotopic (exact) mass is 613 g/mol. The van der Waals surface area contributed by atoms with Gasteiger partial charge in [-0.25, -0.2) is 0 Å². The van der Waals surface area contributed by atoms with Crippen LogP contribution in [-0.2, 0) is 4.79 Å². The number of benzene rings is 1. The van der Waals surface area contributed by atoms with Gasteiger partial charge >= 0.3 is 0 Å². The first-order valence-electron chi connectivity index (χ1n) is 12.4. The van der Waals surface area contributed by atoms with Crippen LogP contribution in [0.4, 0.5) is 5.69 Å². The lowest BCUT2D eigenvalue weighted by molar-refractivity contribution is -0.122. The number of nitrogens with one attached hydrogen (secondary N) is 3. The van der Waals surface area contributed by atoms with E-state index in [1.165, 1.54) is 64.2 Å². The number of amides is 1. The molecule has 0 aliphatic carbocycles. The molecule has 0 aliphatic rings. The summed E-state index contributed by atoms with van der Waals surface area (Å²) in [5.41, 5.74) is 0.780. The highest BCUT2D eigenvalue weighted by Crippen LogP contribution is 2.29. The Kier molecular flexibility index (Phi) is 17.7. The zero-order valence-corrected chi connectivity index (χ0v) is 24.8. The number of carbonyl (C=O) groups excluding carboxylic acids is 1. The number of hydrogen-bond donors (Lipinski definition) is 3. The summed E-state index contributed by atoms with van der Waals surface area (Å²) in [6.07, 6.45) is 15.8. The van der Waals surface area contributed by atoms with Gasteiger partial charge in [-0.2, -0.15) is 0 Å². The molecule has 1 amide bonds. The summed E-state index contributed by atoms with van der Waals surface area (Å²) in [7, 11) is 0. The topological polar surface area (TPSA) is 53.2 Å². The second kappa shape index (κ2) is 18.9. The number of hydrogen-bond acceptors (Lipinski definition) is 2. The maximum atomic E-state index is 12.4. The van der Waals surface area contributed by atoms with Crippen LogP contribution in [-0.4, -0.2) is 21.0 Å². The summed E-state index contributed by atoms with van der Waals surface area (Å²) in [4.78, 5) is 12.4. The molecule has 194 valence electrons. The lowest BCUT2D eigenvalue weighted by atomic mass is 10.0. The van der Waals surface area contributed by atoms with E-state index in [2.05, 4.69) is 38.8 Å². The van der Waals surface area contributed by atoms with Gasteiger partial charge in [-0.15, -0.1) is 0 Å². The molecule has 1 aromatic carbocycles. The van der Waals surface area contributed by atoms with Gasteiger partial charge in [0.25, 0.3) is 0 Å². The fourth-order valence-electron chi connectivity index (χ4n) is 3.57. The van der Waals surface area contributed by atoms with E-state index in [0.717, 1.165) is 29.4 Å². The van der Waals surface area contributed by atoms with E-state index < -0.39 is 9.96 Å². The average molecular weight is 616 g/mol. The van der Waals surface area contributed by atoms with Crippen molar-refractivity contribution in [1.29, 1.82) is 0 Å². The second-order valence-electron chi connectivity index (χ2n) is 8.64. The molecule has 1 rings (SSSR count). The number of halogens is 4. The van der Waals surface area contributed by atoms with Gasteiger partial charge in [-0.05, 0) is 42.9 Å². The third-order valence-corrected chi connectivity index (χ3v) is 6.92. The van der Waals surface area contributed by atoms with Crippen molar-refractivity contribution in [2.75, 3.05) is 5.32 Å². The number of unbranched alkanes of at least 4 members (excludes halogenated alkanes) is 12. The molecule has 34 heavy (non-hydrogen) atoms. The van der Waals surface area contributed by atoms with Gasteiger partial charge in [-0.1, -0.05) is 135 Å². The van der Waals surface area contributed by atoms with Crippen LogP contribution in [0.15, 0.2) is 28.7 Å². The van der Waals surface area contributed by atoms with E-state index in [9.17, 15) is 4.79 Å². The number of thiocarbonyl (C=S) groups is 1. The third kappa shape index (κ3) is 16.4. The number of rotatable bonds is 17. The first-order chi connectivity index (χ1) is 16.2. The summed E-state index contributed by atoms with van der Waals surface area (Å²) < 4.78 is -0.798. The Hall–Kier alpha value is -0.270. The molecule has 3 N–H and O–H groups in total. The van der Waals surface area contributed by atoms with E-state index >= 15 is 0 Å². The molecule has 0 saturated carbocycles. The van der Waals surface area contributed by atoms with Crippen molar-refractivity contribution in [3.8, 4) is 0 Å². The van der Waals surface area contributed by atoms with Gasteiger partial charge in [-0.3, -0.25) is 4.79 Å². The molecule has 0 aliphatic heterocycles.